The molecular formula is C14H25NO3. The molecule has 1 aliphatic carbocycles. The molecule has 1 fully saturated rings. The molecule has 0 heterocycles. The van der Waals surface area contributed by atoms with Gasteiger partial charge < -0.3 is 10.4 Å². The zero-order valence-electron chi connectivity index (χ0n) is 11.7. The third-order valence-corrected chi connectivity index (χ3v) is 4.08. The third-order valence-electron chi connectivity index (χ3n) is 4.08. The van der Waals surface area contributed by atoms with E-state index in [9.17, 15) is 9.59 Å². The van der Waals surface area contributed by atoms with Crippen LogP contribution in [0.1, 0.15) is 52.9 Å². The molecule has 0 bridgehead atoms. The van der Waals surface area contributed by atoms with Gasteiger partial charge in [0.1, 0.15) is 5.41 Å². The van der Waals surface area contributed by atoms with Gasteiger partial charge in [-0.3, -0.25) is 9.59 Å². The summed E-state index contributed by atoms with van der Waals surface area (Å²) in [5.74, 6) is 0.0573. The fraction of sp³-hybridized carbons (Fsp3) is 0.857. The van der Waals surface area contributed by atoms with E-state index < -0.39 is 11.4 Å². The fourth-order valence-corrected chi connectivity index (χ4v) is 2.33. The van der Waals surface area contributed by atoms with E-state index >= 15 is 0 Å². The first-order valence-electron chi connectivity index (χ1n) is 6.85. The number of carboxylic acids is 1. The highest BCUT2D eigenvalue weighted by Crippen LogP contribution is 2.30. The Morgan fingerprint density at radius 1 is 1.22 bits per heavy atom. The molecule has 4 nitrogen and oxygen atoms in total. The standard InChI is InChI=1S/C14H25NO3/c1-10-4-6-11(7-5-10)8-9-15-12(16)14(2,3)13(17)18/h10-11H,4-9H2,1-3H3,(H,15,16)(H,17,18). The lowest BCUT2D eigenvalue weighted by Crippen LogP contribution is -2.43. The summed E-state index contributed by atoms with van der Waals surface area (Å²) in [6.45, 7) is 5.75. The zero-order chi connectivity index (χ0) is 13.8. The lowest BCUT2D eigenvalue weighted by molar-refractivity contribution is -0.153. The van der Waals surface area contributed by atoms with E-state index in [2.05, 4.69) is 12.2 Å². The molecule has 4 heteroatoms. The van der Waals surface area contributed by atoms with Gasteiger partial charge in [0.2, 0.25) is 5.91 Å². The molecule has 1 rings (SSSR count). The van der Waals surface area contributed by atoms with E-state index in [0.717, 1.165) is 12.3 Å². The van der Waals surface area contributed by atoms with Gasteiger partial charge in [0, 0.05) is 6.54 Å². The number of aliphatic carboxylic acids is 1. The van der Waals surface area contributed by atoms with Gasteiger partial charge in [0.25, 0.3) is 0 Å². The first kappa shape index (κ1) is 15.0. The fourth-order valence-electron chi connectivity index (χ4n) is 2.33. The van der Waals surface area contributed by atoms with Crippen LogP contribution in [-0.4, -0.2) is 23.5 Å². The van der Waals surface area contributed by atoms with Gasteiger partial charge in [-0.2, -0.15) is 0 Å². The number of nitrogens with one attached hydrogen (secondary N) is 1. The van der Waals surface area contributed by atoms with E-state index in [1.54, 1.807) is 0 Å². The number of carbonyl (C=O) groups excluding carboxylic acids is 1. The number of carboxylic acid groups (broad SMARTS) is 1. The van der Waals surface area contributed by atoms with Crippen molar-refractivity contribution < 1.29 is 14.7 Å². The Bertz CT molecular complexity index is 304. The second-order valence-corrected chi connectivity index (χ2v) is 6.10. The van der Waals surface area contributed by atoms with E-state index in [-0.39, 0.29) is 5.91 Å². The van der Waals surface area contributed by atoms with Gasteiger partial charge in [-0.15, -0.1) is 0 Å². The number of carbonyl (C=O) groups is 2. The number of hydrogen-bond donors (Lipinski definition) is 2. The monoisotopic (exact) mass is 255 g/mol. The van der Waals surface area contributed by atoms with E-state index in [1.165, 1.54) is 39.5 Å². The van der Waals surface area contributed by atoms with Crippen LogP contribution in [0.2, 0.25) is 0 Å². The van der Waals surface area contributed by atoms with Gasteiger partial charge >= 0.3 is 5.97 Å². The lowest BCUT2D eigenvalue weighted by atomic mass is 9.81. The Labute approximate surface area is 109 Å². The quantitative estimate of drug-likeness (QED) is 0.741. The van der Waals surface area contributed by atoms with Crippen LogP contribution < -0.4 is 5.32 Å². The summed E-state index contributed by atoms with van der Waals surface area (Å²) < 4.78 is 0. The SMILES string of the molecule is CC1CCC(CCNC(=O)C(C)(C)C(=O)O)CC1. The summed E-state index contributed by atoms with van der Waals surface area (Å²) in [5.41, 5.74) is -1.33. The van der Waals surface area contributed by atoms with Crippen molar-refractivity contribution in [1.29, 1.82) is 0 Å². The molecule has 1 amide bonds. The Morgan fingerprint density at radius 2 is 1.78 bits per heavy atom. The van der Waals surface area contributed by atoms with Crippen molar-refractivity contribution in [3.8, 4) is 0 Å². The number of amides is 1. The van der Waals surface area contributed by atoms with Crippen molar-refractivity contribution in [1.82, 2.24) is 5.32 Å². The molecule has 0 saturated heterocycles. The Balaban J connectivity index is 2.26. The van der Waals surface area contributed by atoms with Gasteiger partial charge in [-0.05, 0) is 32.1 Å². The molecule has 18 heavy (non-hydrogen) atoms. The smallest absolute Gasteiger partial charge is 0.318 e. The molecule has 0 aromatic carbocycles. The number of hydrogen-bond acceptors (Lipinski definition) is 2. The largest absolute Gasteiger partial charge is 0.480 e. The molecule has 1 saturated carbocycles. The molecular weight excluding hydrogens is 230 g/mol. The highest BCUT2D eigenvalue weighted by atomic mass is 16.4. The zero-order valence-corrected chi connectivity index (χ0v) is 11.7. The second kappa shape index (κ2) is 6.21. The molecule has 0 aromatic rings. The summed E-state index contributed by atoms with van der Waals surface area (Å²) in [7, 11) is 0. The van der Waals surface area contributed by atoms with Crippen molar-refractivity contribution in [3.05, 3.63) is 0 Å². The van der Waals surface area contributed by atoms with Gasteiger partial charge in [0.05, 0.1) is 0 Å². The van der Waals surface area contributed by atoms with Crippen LogP contribution in [0.4, 0.5) is 0 Å². The minimum atomic E-state index is -1.33. The molecule has 0 spiro atoms. The van der Waals surface area contributed by atoms with Crippen molar-refractivity contribution in [2.24, 2.45) is 17.3 Å². The second-order valence-electron chi connectivity index (χ2n) is 6.10. The van der Waals surface area contributed by atoms with Crippen molar-refractivity contribution in [3.63, 3.8) is 0 Å². The average Bonchev–Trinajstić information content (AvgIpc) is 2.31. The lowest BCUT2D eigenvalue weighted by Gasteiger charge is -2.26. The summed E-state index contributed by atoms with van der Waals surface area (Å²) in [4.78, 5) is 22.6. The molecule has 0 aliphatic heterocycles. The van der Waals surface area contributed by atoms with Gasteiger partial charge in [-0.1, -0.05) is 32.6 Å². The van der Waals surface area contributed by atoms with Crippen LogP contribution in [0.5, 0.6) is 0 Å². The third kappa shape index (κ3) is 4.00. The topological polar surface area (TPSA) is 66.4 Å². The molecule has 104 valence electrons. The summed E-state index contributed by atoms with van der Waals surface area (Å²) in [6.07, 6.45) is 5.99. The van der Waals surface area contributed by atoms with Gasteiger partial charge in [0.15, 0.2) is 0 Å². The maximum atomic E-state index is 11.7. The van der Waals surface area contributed by atoms with Crippen LogP contribution in [0.15, 0.2) is 0 Å². The highest BCUT2D eigenvalue weighted by Gasteiger charge is 2.35. The summed E-state index contributed by atoms with van der Waals surface area (Å²) >= 11 is 0. The predicted molar refractivity (Wildman–Crippen MR) is 70.2 cm³/mol. The van der Waals surface area contributed by atoms with Crippen molar-refractivity contribution in [2.75, 3.05) is 6.54 Å². The van der Waals surface area contributed by atoms with Crippen LogP contribution in [0.3, 0.4) is 0 Å². The van der Waals surface area contributed by atoms with E-state index in [0.29, 0.717) is 12.5 Å². The molecule has 1 aliphatic rings. The highest BCUT2D eigenvalue weighted by molar-refractivity contribution is 6.00. The van der Waals surface area contributed by atoms with Crippen LogP contribution >= 0.6 is 0 Å². The predicted octanol–water partition coefficient (Wildman–Crippen LogP) is 2.43. The average molecular weight is 255 g/mol. The minimum Gasteiger partial charge on any atom is -0.480 e. The molecule has 2 N–H and O–H groups in total. The van der Waals surface area contributed by atoms with Crippen molar-refractivity contribution in [2.45, 2.75) is 52.9 Å². The number of rotatable bonds is 5. The van der Waals surface area contributed by atoms with Gasteiger partial charge in [-0.25, -0.2) is 0 Å². The summed E-state index contributed by atoms with van der Waals surface area (Å²) in [5, 5.41) is 11.7. The molecule has 0 radical (unpaired) electrons. The van der Waals surface area contributed by atoms with Crippen molar-refractivity contribution >= 4 is 11.9 Å². The van der Waals surface area contributed by atoms with Crippen LogP contribution in [0, 0.1) is 17.3 Å². The van der Waals surface area contributed by atoms with Crippen LogP contribution in [0.25, 0.3) is 0 Å². The first-order chi connectivity index (χ1) is 8.34. The molecule has 0 unspecified atom stereocenters. The summed E-state index contributed by atoms with van der Waals surface area (Å²) in [6, 6.07) is 0. The van der Waals surface area contributed by atoms with Crippen LogP contribution in [-0.2, 0) is 9.59 Å². The maximum absolute atomic E-state index is 11.7. The Morgan fingerprint density at radius 3 is 2.28 bits per heavy atom. The minimum absolute atomic E-state index is 0.390. The maximum Gasteiger partial charge on any atom is 0.318 e. The molecule has 0 aromatic heterocycles. The molecule has 0 atom stereocenters. The first-order valence-corrected chi connectivity index (χ1v) is 6.85. The normalized spacial score (nSPS) is 24.6. The van der Waals surface area contributed by atoms with E-state index in [1.807, 2.05) is 0 Å². The Kier molecular flexibility index (Phi) is 5.17. The Hall–Kier alpha value is -1.06. The van der Waals surface area contributed by atoms with E-state index in [4.69, 9.17) is 5.11 Å².